The molecule has 2 amide bonds. The molecule has 4 rings (SSSR count). The highest BCUT2D eigenvalue weighted by molar-refractivity contribution is 6.03. The smallest absolute Gasteiger partial charge is 0.414 e. The van der Waals surface area contributed by atoms with E-state index >= 15 is 0 Å². The van der Waals surface area contributed by atoms with Crippen molar-refractivity contribution in [2.45, 2.75) is 38.8 Å². The molecule has 0 radical (unpaired) electrons. The van der Waals surface area contributed by atoms with Crippen molar-refractivity contribution in [2.75, 3.05) is 36.2 Å². The van der Waals surface area contributed by atoms with Crippen LogP contribution >= 0.6 is 0 Å². The minimum absolute atomic E-state index is 0.128. The van der Waals surface area contributed by atoms with Gasteiger partial charge in [-0.3, -0.25) is 14.4 Å². The standard InChI is InChI=1S/C21H24F2N4O4/c1-13-8-25(20(29)31-12-21(3,22)23)19-6-15(4-5-18(19)27(13)14(2)28)16-7-24-26(9-16)17-10-30-11-17/h4-7,9,13,17H,8,10-12H2,1-3H3. The van der Waals surface area contributed by atoms with Crippen LogP contribution in [-0.4, -0.2) is 60.1 Å². The van der Waals surface area contributed by atoms with E-state index in [1.165, 1.54) is 11.8 Å². The van der Waals surface area contributed by atoms with Gasteiger partial charge in [-0.05, 0) is 24.6 Å². The van der Waals surface area contributed by atoms with E-state index in [4.69, 9.17) is 9.47 Å². The summed E-state index contributed by atoms with van der Waals surface area (Å²) in [4.78, 5) is 27.8. The average Bonchev–Trinajstić information content (AvgIpc) is 3.12. The first-order chi connectivity index (χ1) is 14.6. The molecule has 2 aliphatic heterocycles. The Kier molecular flexibility index (Phi) is 5.42. The van der Waals surface area contributed by atoms with Crippen LogP contribution in [0.1, 0.15) is 26.8 Å². The minimum Gasteiger partial charge on any atom is -0.443 e. The van der Waals surface area contributed by atoms with Crippen molar-refractivity contribution in [3.05, 3.63) is 30.6 Å². The summed E-state index contributed by atoms with van der Waals surface area (Å²) in [6.07, 6.45) is 2.73. The SMILES string of the molecule is CC(=O)N1c2ccc(-c3cnn(C4COC4)c3)cc2N(C(=O)OCC(C)(F)F)CC1C. The second kappa shape index (κ2) is 7.92. The number of carbonyl (C=O) groups excluding carboxylic acids is 2. The van der Waals surface area contributed by atoms with E-state index in [0.717, 1.165) is 11.1 Å². The van der Waals surface area contributed by atoms with E-state index < -0.39 is 18.6 Å². The number of hydrogen-bond acceptors (Lipinski definition) is 5. The first-order valence-corrected chi connectivity index (χ1v) is 10.0. The topological polar surface area (TPSA) is 76.9 Å². The van der Waals surface area contributed by atoms with Crippen molar-refractivity contribution >= 4 is 23.4 Å². The van der Waals surface area contributed by atoms with Crippen molar-refractivity contribution in [1.82, 2.24) is 9.78 Å². The van der Waals surface area contributed by atoms with Crippen LogP contribution in [0.25, 0.3) is 11.1 Å². The minimum atomic E-state index is -3.13. The van der Waals surface area contributed by atoms with Crippen LogP contribution in [0.5, 0.6) is 0 Å². The Balaban J connectivity index is 1.69. The number of amides is 2. The normalized spacial score (nSPS) is 19.1. The Morgan fingerprint density at radius 1 is 1.26 bits per heavy atom. The summed E-state index contributed by atoms with van der Waals surface area (Å²) < 4.78 is 38.3. The van der Waals surface area contributed by atoms with E-state index in [2.05, 4.69) is 5.10 Å². The number of aromatic nitrogens is 2. The number of carbonyl (C=O) groups is 2. The first kappa shape index (κ1) is 21.2. The molecular weight excluding hydrogens is 410 g/mol. The molecule has 0 bridgehead atoms. The highest BCUT2D eigenvalue weighted by Crippen LogP contribution is 2.39. The van der Waals surface area contributed by atoms with Crippen LogP contribution in [0.15, 0.2) is 30.6 Å². The second-order valence-corrected chi connectivity index (χ2v) is 8.08. The van der Waals surface area contributed by atoms with Gasteiger partial charge in [-0.25, -0.2) is 13.6 Å². The van der Waals surface area contributed by atoms with Crippen molar-refractivity contribution in [2.24, 2.45) is 0 Å². The lowest BCUT2D eigenvalue weighted by molar-refractivity contribution is -0.117. The third-order valence-electron chi connectivity index (χ3n) is 5.35. The molecule has 0 spiro atoms. The number of nitrogens with zero attached hydrogens (tertiary/aromatic N) is 4. The lowest BCUT2D eigenvalue weighted by atomic mass is 10.0. The van der Waals surface area contributed by atoms with E-state index in [1.54, 1.807) is 30.2 Å². The maximum absolute atomic E-state index is 13.2. The average molecular weight is 434 g/mol. The van der Waals surface area contributed by atoms with Gasteiger partial charge in [0.15, 0.2) is 6.61 Å². The van der Waals surface area contributed by atoms with E-state index in [0.29, 0.717) is 31.5 Å². The molecular formula is C21H24F2N4O4. The maximum Gasteiger partial charge on any atom is 0.414 e. The number of anilines is 2. The Bertz CT molecular complexity index is 1000. The van der Waals surface area contributed by atoms with Crippen molar-refractivity contribution in [3.8, 4) is 11.1 Å². The molecule has 1 unspecified atom stereocenters. The monoisotopic (exact) mass is 434 g/mol. The molecule has 2 aliphatic rings. The molecule has 2 aromatic rings. The van der Waals surface area contributed by atoms with Crippen LogP contribution in [-0.2, 0) is 14.3 Å². The third kappa shape index (κ3) is 4.25. The summed E-state index contributed by atoms with van der Waals surface area (Å²) in [6.45, 7) is 4.26. The van der Waals surface area contributed by atoms with Crippen LogP contribution in [0.4, 0.5) is 25.0 Å². The van der Waals surface area contributed by atoms with Crippen molar-refractivity contribution in [1.29, 1.82) is 0 Å². The quantitative estimate of drug-likeness (QED) is 0.737. The third-order valence-corrected chi connectivity index (χ3v) is 5.35. The lowest BCUT2D eigenvalue weighted by Gasteiger charge is -2.40. The number of ether oxygens (including phenoxy) is 2. The van der Waals surface area contributed by atoms with Crippen LogP contribution in [0.3, 0.4) is 0 Å². The van der Waals surface area contributed by atoms with Crippen molar-refractivity contribution < 1.29 is 27.8 Å². The lowest BCUT2D eigenvalue weighted by Crippen LogP contribution is -2.51. The summed E-state index contributed by atoms with van der Waals surface area (Å²) >= 11 is 0. The van der Waals surface area contributed by atoms with E-state index in [1.807, 2.05) is 16.9 Å². The maximum atomic E-state index is 13.2. The Hall–Kier alpha value is -3.01. The molecule has 1 aromatic carbocycles. The molecule has 1 atom stereocenters. The molecule has 10 heteroatoms. The zero-order chi connectivity index (χ0) is 22.3. The van der Waals surface area contributed by atoms with Crippen LogP contribution in [0, 0.1) is 0 Å². The second-order valence-electron chi connectivity index (χ2n) is 8.08. The fraction of sp³-hybridized carbons (Fsp3) is 0.476. The highest BCUT2D eigenvalue weighted by atomic mass is 19.3. The predicted octanol–water partition coefficient (Wildman–Crippen LogP) is 3.47. The molecule has 166 valence electrons. The van der Waals surface area contributed by atoms with Gasteiger partial charge in [0.05, 0.1) is 42.9 Å². The van der Waals surface area contributed by atoms with Gasteiger partial charge in [0.2, 0.25) is 5.91 Å². The molecule has 1 fully saturated rings. The van der Waals surface area contributed by atoms with Gasteiger partial charge in [0.25, 0.3) is 5.92 Å². The Morgan fingerprint density at radius 3 is 2.61 bits per heavy atom. The van der Waals surface area contributed by atoms with Crippen LogP contribution in [0.2, 0.25) is 0 Å². The number of halogens is 2. The molecule has 31 heavy (non-hydrogen) atoms. The molecule has 1 aromatic heterocycles. The summed E-state index contributed by atoms with van der Waals surface area (Å²) in [7, 11) is 0. The summed E-state index contributed by atoms with van der Waals surface area (Å²) in [5, 5.41) is 4.38. The number of benzene rings is 1. The van der Waals surface area contributed by atoms with Gasteiger partial charge in [-0.15, -0.1) is 0 Å². The van der Waals surface area contributed by atoms with Gasteiger partial charge in [0.1, 0.15) is 0 Å². The Labute approximate surface area is 178 Å². The number of alkyl halides is 2. The number of fused-ring (bicyclic) bond motifs is 1. The van der Waals surface area contributed by atoms with Gasteiger partial charge in [0, 0.05) is 32.2 Å². The van der Waals surface area contributed by atoms with E-state index in [-0.39, 0.29) is 24.5 Å². The molecule has 8 nitrogen and oxygen atoms in total. The zero-order valence-corrected chi connectivity index (χ0v) is 17.5. The molecule has 1 saturated heterocycles. The highest BCUT2D eigenvalue weighted by Gasteiger charge is 2.36. The summed E-state index contributed by atoms with van der Waals surface area (Å²) in [5.41, 5.74) is 2.56. The fourth-order valence-electron chi connectivity index (χ4n) is 3.79. The van der Waals surface area contributed by atoms with Gasteiger partial charge in [-0.2, -0.15) is 5.10 Å². The van der Waals surface area contributed by atoms with Crippen molar-refractivity contribution in [3.63, 3.8) is 0 Å². The van der Waals surface area contributed by atoms with Crippen LogP contribution < -0.4 is 9.80 Å². The van der Waals surface area contributed by atoms with Gasteiger partial charge >= 0.3 is 6.09 Å². The molecule has 0 N–H and O–H groups in total. The first-order valence-electron chi connectivity index (χ1n) is 10.0. The van der Waals surface area contributed by atoms with E-state index in [9.17, 15) is 18.4 Å². The van der Waals surface area contributed by atoms with Gasteiger partial charge < -0.3 is 14.4 Å². The number of rotatable bonds is 4. The zero-order valence-electron chi connectivity index (χ0n) is 17.5. The largest absolute Gasteiger partial charge is 0.443 e. The summed E-state index contributed by atoms with van der Waals surface area (Å²) in [6, 6.07) is 5.20. The molecule has 0 aliphatic carbocycles. The molecule has 0 saturated carbocycles. The van der Waals surface area contributed by atoms with Gasteiger partial charge in [-0.1, -0.05) is 6.07 Å². The fourth-order valence-corrected chi connectivity index (χ4v) is 3.79. The number of hydrogen-bond donors (Lipinski definition) is 0. The predicted molar refractivity (Wildman–Crippen MR) is 109 cm³/mol. The molecule has 3 heterocycles. The Morgan fingerprint density at radius 2 is 2.00 bits per heavy atom. The summed E-state index contributed by atoms with van der Waals surface area (Å²) in [5.74, 6) is -3.31.